The second-order valence-electron chi connectivity index (χ2n) is 5.55. The minimum absolute atomic E-state index is 0.180. The van der Waals surface area contributed by atoms with Crippen LogP contribution in [0.15, 0.2) is 64.6 Å². The van der Waals surface area contributed by atoms with Crippen LogP contribution in [0.2, 0.25) is 0 Å². The summed E-state index contributed by atoms with van der Waals surface area (Å²) in [6.07, 6.45) is 0.724. The number of halogens is 1. The lowest BCUT2D eigenvalue weighted by atomic mass is 9.92. The molecule has 0 aliphatic heterocycles. The number of allylic oxidation sites excluding steroid dienone is 1. The largest absolute Gasteiger partial charge is 0.468 e. The molecule has 0 spiro atoms. The predicted molar refractivity (Wildman–Crippen MR) is 91.5 cm³/mol. The topological polar surface area (TPSA) is 26.3 Å². The third-order valence-electron chi connectivity index (χ3n) is 4.36. The van der Waals surface area contributed by atoms with Crippen LogP contribution in [0.25, 0.3) is 5.57 Å². The Balaban J connectivity index is 2.08. The van der Waals surface area contributed by atoms with Gasteiger partial charge in [0.15, 0.2) is 0 Å². The normalized spacial score (nSPS) is 22.1. The van der Waals surface area contributed by atoms with Crippen molar-refractivity contribution in [2.75, 3.05) is 7.11 Å². The molecule has 2 aromatic carbocycles. The van der Waals surface area contributed by atoms with E-state index >= 15 is 0 Å². The molecule has 3 heteroatoms. The molecule has 1 saturated carbocycles. The van der Waals surface area contributed by atoms with Crippen LogP contribution >= 0.6 is 15.9 Å². The Morgan fingerprint density at radius 2 is 1.73 bits per heavy atom. The summed E-state index contributed by atoms with van der Waals surface area (Å²) in [6, 6.07) is 18.1. The Hall–Kier alpha value is -1.87. The molecular weight excluding hydrogens is 340 g/mol. The highest BCUT2D eigenvalue weighted by Crippen LogP contribution is 2.57. The van der Waals surface area contributed by atoms with Gasteiger partial charge in [-0.3, -0.25) is 4.79 Å². The van der Waals surface area contributed by atoms with Gasteiger partial charge in [-0.1, -0.05) is 58.4 Å². The molecule has 3 rings (SSSR count). The lowest BCUT2D eigenvalue weighted by Gasteiger charge is -2.14. The molecule has 2 aromatic rings. The van der Waals surface area contributed by atoms with Gasteiger partial charge in [-0.2, -0.15) is 0 Å². The number of benzene rings is 2. The summed E-state index contributed by atoms with van der Waals surface area (Å²) in [6.45, 7) is 2.08. The molecule has 0 unspecified atom stereocenters. The summed E-state index contributed by atoms with van der Waals surface area (Å²) >= 11 is 3.44. The SMILES string of the molecule is COC(=O)[C@]1(c2ccc(Br)cc2)C/C1=C(/C)c1ccccc1. The number of rotatable bonds is 3. The highest BCUT2D eigenvalue weighted by atomic mass is 79.9. The molecular formula is C19H17BrO2. The molecule has 0 radical (unpaired) electrons. The first-order valence-electron chi connectivity index (χ1n) is 7.19. The Morgan fingerprint density at radius 1 is 1.09 bits per heavy atom. The molecule has 22 heavy (non-hydrogen) atoms. The Labute approximate surface area is 138 Å². The molecule has 0 bridgehead atoms. The minimum Gasteiger partial charge on any atom is -0.468 e. The molecule has 112 valence electrons. The number of methoxy groups -OCH3 is 1. The molecule has 0 heterocycles. The molecule has 0 amide bonds. The fourth-order valence-electron chi connectivity index (χ4n) is 3.03. The first-order chi connectivity index (χ1) is 10.6. The van der Waals surface area contributed by atoms with Gasteiger partial charge in [0.1, 0.15) is 5.41 Å². The second kappa shape index (κ2) is 5.73. The zero-order chi connectivity index (χ0) is 15.7. The highest BCUT2D eigenvalue weighted by molar-refractivity contribution is 9.10. The van der Waals surface area contributed by atoms with Crippen molar-refractivity contribution in [3.63, 3.8) is 0 Å². The van der Waals surface area contributed by atoms with Gasteiger partial charge in [0.25, 0.3) is 0 Å². The van der Waals surface area contributed by atoms with Crippen LogP contribution in [0.5, 0.6) is 0 Å². The first kappa shape index (κ1) is 15.0. The fourth-order valence-corrected chi connectivity index (χ4v) is 3.30. The van der Waals surface area contributed by atoms with E-state index in [-0.39, 0.29) is 5.97 Å². The van der Waals surface area contributed by atoms with Crippen molar-refractivity contribution in [1.82, 2.24) is 0 Å². The van der Waals surface area contributed by atoms with Crippen LogP contribution in [0, 0.1) is 0 Å². The van der Waals surface area contributed by atoms with Crippen molar-refractivity contribution in [3.8, 4) is 0 Å². The minimum atomic E-state index is -0.616. The lowest BCUT2D eigenvalue weighted by molar-refractivity contribution is -0.143. The van der Waals surface area contributed by atoms with E-state index in [0.717, 1.165) is 33.2 Å². The van der Waals surface area contributed by atoms with Gasteiger partial charge in [0.2, 0.25) is 0 Å². The standard InChI is InChI=1S/C19H17BrO2/c1-13(14-6-4-3-5-7-14)17-12-19(17,18(21)22-2)15-8-10-16(20)11-9-15/h3-11H,12H2,1-2H3/b17-13+/t19-/m0/s1. The van der Waals surface area contributed by atoms with Crippen LogP contribution in [-0.4, -0.2) is 13.1 Å². The number of hydrogen-bond donors (Lipinski definition) is 0. The van der Waals surface area contributed by atoms with E-state index in [0.29, 0.717) is 0 Å². The van der Waals surface area contributed by atoms with Gasteiger partial charge in [-0.25, -0.2) is 0 Å². The zero-order valence-electron chi connectivity index (χ0n) is 12.6. The maximum Gasteiger partial charge on any atom is 0.320 e. The van der Waals surface area contributed by atoms with Gasteiger partial charge in [-0.15, -0.1) is 0 Å². The smallest absolute Gasteiger partial charge is 0.320 e. The number of hydrogen-bond acceptors (Lipinski definition) is 2. The zero-order valence-corrected chi connectivity index (χ0v) is 14.2. The molecule has 0 N–H and O–H groups in total. The Morgan fingerprint density at radius 3 is 2.32 bits per heavy atom. The van der Waals surface area contributed by atoms with Crippen LogP contribution in [0.1, 0.15) is 24.5 Å². The summed E-state index contributed by atoms with van der Waals surface area (Å²) in [4.78, 5) is 12.5. The van der Waals surface area contributed by atoms with Crippen molar-refractivity contribution >= 4 is 27.5 Å². The van der Waals surface area contributed by atoms with E-state index in [1.54, 1.807) is 0 Å². The quantitative estimate of drug-likeness (QED) is 0.742. The van der Waals surface area contributed by atoms with Crippen molar-refractivity contribution in [2.45, 2.75) is 18.8 Å². The monoisotopic (exact) mass is 356 g/mol. The van der Waals surface area contributed by atoms with Crippen LogP contribution < -0.4 is 0 Å². The van der Waals surface area contributed by atoms with Crippen LogP contribution in [0.4, 0.5) is 0 Å². The van der Waals surface area contributed by atoms with E-state index in [4.69, 9.17) is 4.74 Å². The number of carbonyl (C=O) groups excluding carboxylic acids is 1. The summed E-state index contributed by atoms with van der Waals surface area (Å²) in [5.41, 5.74) is 3.84. The average molecular weight is 357 g/mol. The molecule has 0 saturated heterocycles. The fraction of sp³-hybridized carbons (Fsp3) is 0.211. The molecule has 2 nitrogen and oxygen atoms in total. The van der Waals surface area contributed by atoms with E-state index in [2.05, 4.69) is 35.0 Å². The summed E-state index contributed by atoms with van der Waals surface area (Å²) in [7, 11) is 1.46. The van der Waals surface area contributed by atoms with Gasteiger partial charge >= 0.3 is 5.97 Å². The van der Waals surface area contributed by atoms with Gasteiger partial charge in [0, 0.05) is 4.47 Å². The third kappa shape index (κ3) is 2.40. The number of ether oxygens (including phenoxy) is 1. The van der Waals surface area contributed by atoms with Gasteiger partial charge in [-0.05, 0) is 47.8 Å². The first-order valence-corrected chi connectivity index (χ1v) is 7.99. The van der Waals surface area contributed by atoms with Crippen LogP contribution in [0.3, 0.4) is 0 Å². The number of carbonyl (C=O) groups is 1. The highest BCUT2D eigenvalue weighted by Gasteiger charge is 2.58. The molecule has 0 aromatic heterocycles. The molecule has 1 aliphatic carbocycles. The van der Waals surface area contributed by atoms with Crippen molar-refractivity contribution < 1.29 is 9.53 Å². The maximum absolute atomic E-state index is 12.5. The van der Waals surface area contributed by atoms with E-state index in [9.17, 15) is 4.79 Å². The maximum atomic E-state index is 12.5. The average Bonchev–Trinajstić information content (AvgIpc) is 3.31. The summed E-state index contributed by atoms with van der Waals surface area (Å²) in [5, 5.41) is 0. The van der Waals surface area contributed by atoms with E-state index in [1.807, 2.05) is 42.5 Å². The summed E-state index contributed by atoms with van der Waals surface area (Å²) in [5.74, 6) is -0.180. The van der Waals surface area contributed by atoms with Crippen molar-refractivity contribution in [1.29, 1.82) is 0 Å². The third-order valence-corrected chi connectivity index (χ3v) is 4.89. The van der Waals surface area contributed by atoms with Crippen molar-refractivity contribution in [2.24, 2.45) is 0 Å². The van der Waals surface area contributed by atoms with Gasteiger partial charge in [0.05, 0.1) is 7.11 Å². The van der Waals surface area contributed by atoms with Crippen molar-refractivity contribution in [3.05, 3.63) is 75.8 Å². The number of esters is 1. The Kier molecular flexibility index (Phi) is 3.92. The van der Waals surface area contributed by atoms with Crippen LogP contribution in [-0.2, 0) is 14.9 Å². The van der Waals surface area contributed by atoms with E-state index in [1.165, 1.54) is 7.11 Å². The predicted octanol–water partition coefficient (Wildman–Crippen LogP) is 4.74. The summed E-state index contributed by atoms with van der Waals surface area (Å²) < 4.78 is 6.10. The lowest BCUT2D eigenvalue weighted by Crippen LogP contribution is -2.22. The second-order valence-corrected chi connectivity index (χ2v) is 6.47. The molecule has 1 aliphatic rings. The van der Waals surface area contributed by atoms with E-state index < -0.39 is 5.41 Å². The molecule has 1 atom stereocenters. The molecule has 1 fully saturated rings. The Bertz CT molecular complexity index is 732. The van der Waals surface area contributed by atoms with Gasteiger partial charge < -0.3 is 4.74 Å².